The molecule has 1 aliphatic heterocycles. The molecule has 4 aromatic rings. The molecule has 2 aromatic carbocycles. The first-order chi connectivity index (χ1) is 16.0. The Balaban J connectivity index is 1.61. The van der Waals surface area contributed by atoms with Crippen molar-refractivity contribution in [3.05, 3.63) is 98.8 Å². The van der Waals surface area contributed by atoms with Crippen molar-refractivity contribution in [2.24, 2.45) is 0 Å². The van der Waals surface area contributed by atoms with Gasteiger partial charge in [-0.05, 0) is 47.7 Å². The Morgan fingerprint density at radius 3 is 2.61 bits per heavy atom. The van der Waals surface area contributed by atoms with E-state index in [0.717, 1.165) is 21.6 Å². The molecular formula is C24H18Cl2N4O2S. The van der Waals surface area contributed by atoms with Gasteiger partial charge in [0.05, 0.1) is 23.0 Å². The van der Waals surface area contributed by atoms with Gasteiger partial charge in [0.1, 0.15) is 0 Å². The minimum Gasteiger partial charge on any atom is -0.334 e. The molecule has 5 rings (SSSR count). The van der Waals surface area contributed by atoms with Crippen LogP contribution in [-0.4, -0.2) is 21.1 Å². The van der Waals surface area contributed by atoms with Crippen molar-refractivity contribution in [1.29, 1.82) is 0 Å². The molecule has 2 aromatic heterocycles. The number of benzene rings is 2. The number of halogens is 2. The van der Waals surface area contributed by atoms with Crippen LogP contribution < -0.4 is 5.32 Å². The summed E-state index contributed by atoms with van der Waals surface area (Å²) in [5.41, 5.74) is 3.12. The molecule has 0 bridgehead atoms. The van der Waals surface area contributed by atoms with Crippen LogP contribution in [0.25, 0.3) is 16.3 Å². The molecule has 1 N–H and O–H groups in total. The van der Waals surface area contributed by atoms with E-state index in [1.165, 1.54) is 11.3 Å². The average molecular weight is 497 g/mol. The lowest BCUT2D eigenvalue weighted by Crippen LogP contribution is -2.45. The first kappa shape index (κ1) is 21.7. The average Bonchev–Trinajstić information content (AvgIpc) is 3.50. The van der Waals surface area contributed by atoms with Crippen LogP contribution >= 0.6 is 34.5 Å². The highest BCUT2D eigenvalue weighted by Gasteiger charge is 2.36. The van der Waals surface area contributed by atoms with Crippen LogP contribution in [0.2, 0.25) is 10.0 Å². The molecule has 0 saturated heterocycles. The Kier molecular flexibility index (Phi) is 5.93. The summed E-state index contributed by atoms with van der Waals surface area (Å²) in [7, 11) is 0. The van der Waals surface area contributed by atoms with Gasteiger partial charge in [0.15, 0.2) is 0 Å². The third-order valence-electron chi connectivity index (χ3n) is 5.48. The lowest BCUT2D eigenvalue weighted by atomic mass is 9.94. The van der Waals surface area contributed by atoms with Crippen LogP contribution in [0.15, 0.2) is 76.3 Å². The lowest BCUT2D eigenvalue weighted by Gasteiger charge is -2.35. The maximum absolute atomic E-state index is 13.2. The van der Waals surface area contributed by atoms with Crippen LogP contribution in [0, 0.1) is 0 Å². The minimum atomic E-state index is -0.478. The second kappa shape index (κ2) is 9.02. The Labute approximate surface area is 204 Å². The minimum absolute atomic E-state index is 0.242. The predicted molar refractivity (Wildman–Crippen MR) is 130 cm³/mol. The second-order valence-corrected chi connectivity index (χ2v) is 9.30. The molecule has 166 valence electrons. The molecule has 1 aliphatic rings. The van der Waals surface area contributed by atoms with Crippen LogP contribution in [0.1, 0.15) is 30.0 Å². The Bertz CT molecular complexity index is 1330. The molecule has 1 atom stereocenters. The van der Waals surface area contributed by atoms with Crippen molar-refractivity contribution in [1.82, 2.24) is 20.4 Å². The van der Waals surface area contributed by atoms with Gasteiger partial charge in [-0.25, -0.2) is 4.79 Å². The topological polar surface area (TPSA) is 71.3 Å². The molecule has 0 spiro atoms. The van der Waals surface area contributed by atoms with E-state index >= 15 is 0 Å². The second-order valence-electron chi connectivity index (χ2n) is 7.51. The maximum atomic E-state index is 13.2. The van der Waals surface area contributed by atoms with Crippen molar-refractivity contribution < 1.29 is 9.32 Å². The van der Waals surface area contributed by atoms with Crippen LogP contribution in [0.4, 0.5) is 4.79 Å². The van der Waals surface area contributed by atoms with Gasteiger partial charge in [-0.15, -0.1) is 11.3 Å². The number of nitrogens with zero attached hydrogens (tertiary/aromatic N) is 3. The summed E-state index contributed by atoms with van der Waals surface area (Å²) < 4.78 is 5.69. The standard InChI is InChI=1S/C24H18Cl2N4O2S/c1-14-20(23-28-22(29-32-23)19-7-4-12-33-19)21(15-8-10-17(25)11-9-15)27-24(31)30(14)13-16-5-2-3-6-18(16)26/h2-12,21H,13H2,1H3,(H,27,31). The van der Waals surface area contributed by atoms with E-state index in [2.05, 4.69) is 15.5 Å². The zero-order valence-corrected chi connectivity index (χ0v) is 19.8. The fourth-order valence-electron chi connectivity index (χ4n) is 3.79. The van der Waals surface area contributed by atoms with E-state index in [1.807, 2.05) is 54.8 Å². The number of rotatable bonds is 5. The molecule has 0 radical (unpaired) electrons. The summed E-state index contributed by atoms with van der Waals surface area (Å²) in [6.45, 7) is 2.18. The van der Waals surface area contributed by atoms with Crippen molar-refractivity contribution in [2.45, 2.75) is 19.5 Å². The van der Waals surface area contributed by atoms with Gasteiger partial charge < -0.3 is 9.84 Å². The molecule has 1 unspecified atom stereocenters. The van der Waals surface area contributed by atoms with Gasteiger partial charge in [0.25, 0.3) is 5.89 Å². The first-order valence-corrected chi connectivity index (χ1v) is 11.8. The molecule has 6 nitrogen and oxygen atoms in total. The van der Waals surface area contributed by atoms with Gasteiger partial charge in [-0.2, -0.15) is 4.98 Å². The summed E-state index contributed by atoms with van der Waals surface area (Å²) in [5, 5.41) is 10.4. The number of hydrogen-bond acceptors (Lipinski definition) is 5. The maximum Gasteiger partial charge on any atom is 0.322 e. The van der Waals surface area contributed by atoms with Crippen molar-refractivity contribution in [3.63, 3.8) is 0 Å². The third kappa shape index (κ3) is 4.27. The molecule has 0 saturated carbocycles. The van der Waals surface area contributed by atoms with Crippen molar-refractivity contribution >= 4 is 46.1 Å². The van der Waals surface area contributed by atoms with Crippen LogP contribution in [0.5, 0.6) is 0 Å². The number of nitrogens with one attached hydrogen (secondary N) is 1. The summed E-state index contributed by atoms with van der Waals surface area (Å²) in [6, 6.07) is 17.9. The molecule has 3 heterocycles. The zero-order chi connectivity index (χ0) is 22.9. The number of allylic oxidation sites excluding steroid dienone is 1. The molecule has 0 aliphatic carbocycles. The Morgan fingerprint density at radius 1 is 1.09 bits per heavy atom. The first-order valence-electron chi connectivity index (χ1n) is 10.2. The summed E-state index contributed by atoms with van der Waals surface area (Å²) in [6.07, 6.45) is 0. The van der Waals surface area contributed by atoms with Gasteiger partial charge in [0, 0.05) is 15.7 Å². The largest absolute Gasteiger partial charge is 0.334 e. The van der Waals surface area contributed by atoms with Gasteiger partial charge >= 0.3 is 6.03 Å². The fraction of sp³-hybridized carbons (Fsp3) is 0.125. The van der Waals surface area contributed by atoms with Gasteiger partial charge in [-0.3, -0.25) is 4.90 Å². The number of carbonyl (C=O) groups is 1. The third-order valence-corrected chi connectivity index (χ3v) is 6.97. The normalized spacial score (nSPS) is 16.3. The van der Waals surface area contributed by atoms with E-state index in [1.54, 1.807) is 23.1 Å². The highest BCUT2D eigenvalue weighted by Crippen LogP contribution is 2.38. The summed E-state index contributed by atoms with van der Waals surface area (Å²) >= 11 is 14.0. The number of urea groups is 1. The van der Waals surface area contributed by atoms with Crippen LogP contribution in [0.3, 0.4) is 0 Å². The number of amides is 2. The number of aromatic nitrogens is 2. The zero-order valence-electron chi connectivity index (χ0n) is 17.5. The van der Waals surface area contributed by atoms with Crippen LogP contribution in [-0.2, 0) is 6.54 Å². The van der Waals surface area contributed by atoms with E-state index < -0.39 is 6.04 Å². The number of hydrogen-bond donors (Lipinski definition) is 1. The molecule has 33 heavy (non-hydrogen) atoms. The van der Waals surface area contributed by atoms with Crippen molar-refractivity contribution in [2.75, 3.05) is 0 Å². The van der Waals surface area contributed by atoms with Gasteiger partial charge in [-0.1, -0.05) is 64.8 Å². The van der Waals surface area contributed by atoms with E-state index in [0.29, 0.717) is 34.0 Å². The van der Waals surface area contributed by atoms with E-state index in [9.17, 15) is 4.79 Å². The number of thiophene rings is 1. The monoisotopic (exact) mass is 496 g/mol. The van der Waals surface area contributed by atoms with E-state index in [4.69, 9.17) is 27.7 Å². The highest BCUT2D eigenvalue weighted by atomic mass is 35.5. The molecule has 2 amide bonds. The summed E-state index contributed by atoms with van der Waals surface area (Å²) in [5.74, 6) is 0.852. The smallest absolute Gasteiger partial charge is 0.322 e. The molecular weight excluding hydrogens is 479 g/mol. The number of carbonyl (C=O) groups excluding carboxylic acids is 1. The lowest BCUT2D eigenvalue weighted by molar-refractivity contribution is 0.203. The fourth-order valence-corrected chi connectivity index (χ4v) is 4.76. The predicted octanol–water partition coefficient (Wildman–Crippen LogP) is 6.80. The van der Waals surface area contributed by atoms with E-state index in [-0.39, 0.29) is 6.03 Å². The summed E-state index contributed by atoms with van der Waals surface area (Å²) in [4.78, 5) is 20.4. The van der Waals surface area contributed by atoms with Gasteiger partial charge in [0.2, 0.25) is 5.82 Å². The Morgan fingerprint density at radius 2 is 1.88 bits per heavy atom. The Hall–Kier alpha value is -3.13. The molecule has 0 fully saturated rings. The van der Waals surface area contributed by atoms with Crippen molar-refractivity contribution in [3.8, 4) is 10.7 Å². The quantitative estimate of drug-likeness (QED) is 0.329. The SMILES string of the molecule is CC1=C(c2nc(-c3cccs3)no2)C(c2ccc(Cl)cc2)NC(=O)N1Cc1ccccc1Cl. The molecule has 9 heteroatoms. The highest BCUT2D eigenvalue weighted by molar-refractivity contribution is 7.13.